The molecule has 0 bridgehead atoms. The van der Waals surface area contributed by atoms with Gasteiger partial charge < -0.3 is 30.3 Å². The third-order valence-electron chi connectivity index (χ3n) is 5.76. The van der Waals surface area contributed by atoms with E-state index in [2.05, 4.69) is 26.9 Å². The van der Waals surface area contributed by atoms with E-state index in [1.54, 1.807) is 32.2 Å². The van der Waals surface area contributed by atoms with Gasteiger partial charge in [-0.1, -0.05) is 24.3 Å². The van der Waals surface area contributed by atoms with Crippen LogP contribution < -0.4 is 25.6 Å². The van der Waals surface area contributed by atoms with E-state index >= 15 is 0 Å². The predicted octanol–water partition coefficient (Wildman–Crippen LogP) is 4.01. The van der Waals surface area contributed by atoms with Gasteiger partial charge in [-0.15, -0.1) is 0 Å². The van der Waals surface area contributed by atoms with Crippen molar-refractivity contribution in [2.75, 3.05) is 48.9 Å². The molecule has 3 N–H and O–H groups in total. The van der Waals surface area contributed by atoms with Gasteiger partial charge in [0.15, 0.2) is 0 Å². The first kappa shape index (κ1) is 25.0. The number of amides is 2. The first-order chi connectivity index (χ1) is 16.4. The highest BCUT2D eigenvalue weighted by Gasteiger charge is 2.25. The molecule has 2 aliphatic heterocycles. The second-order valence-corrected chi connectivity index (χ2v) is 8.10. The molecule has 0 aliphatic carbocycles. The van der Waals surface area contributed by atoms with Crippen LogP contribution in [0.15, 0.2) is 54.3 Å². The van der Waals surface area contributed by atoms with Gasteiger partial charge in [0.2, 0.25) is 5.91 Å². The minimum Gasteiger partial charge on any atom is -0.502 e. The minimum atomic E-state index is -0.372. The molecule has 4 rings (SSSR count). The maximum absolute atomic E-state index is 12.7. The quantitative estimate of drug-likeness (QED) is 0.440. The van der Waals surface area contributed by atoms with Crippen LogP contribution in [0.4, 0.5) is 17.1 Å². The number of carbonyl (C=O) groups is 2. The van der Waals surface area contributed by atoms with Crippen LogP contribution in [0.25, 0.3) is 0 Å². The van der Waals surface area contributed by atoms with Gasteiger partial charge in [-0.25, -0.2) is 0 Å². The fourth-order valence-electron chi connectivity index (χ4n) is 3.67. The molecule has 2 aromatic carbocycles. The van der Waals surface area contributed by atoms with Gasteiger partial charge >= 0.3 is 0 Å². The molecule has 0 spiro atoms. The number of hydrogen-bond acceptors (Lipinski definition) is 6. The number of anilines is 3. The van der Waals surface area contributed by atoms with Crippen molar-refractivity contribution in [3.8, 4) is 5.75 Å². The molecular formula is C26H34N4O4. The molecule has 2 amide bonds. The Kier molecular flexibility index (Phi) is 8.79. The molecule has 1 atom stereocenters. The number of nitrogens with one attached hydrogen (secondary N) is 3. The monoisotopic (exact) mass is 466 g/mol. The highest BCUT2D eigenvalue weighted by atomic mass is 16.5. The maximum atomic E-state index is 12.7. The van der Waals surface area contributed by atoms with Gasteiger partial charge in [-0.2, -0.15) is 0 Å². The molecule has 8 nitrogen and oxygen atoms in total. The largest absolute Gasteiger partial charge is 0.502 e. The van der Waals surface area contributed by atoms with E-state index in [-0.39, 0.29) is 17.9 Å². The molecule has 1 unspecified atom stereocenters. The summed E-state index contributed by atoms with van der Waals surface area (Å²) in [4.78, 5) is 26.7. The summed E-state index contributed by atoms with van der Waals surface area (Å²) in [5, 5.41) is 8.93. The number of rotatable bonds is 6. The van der Waals surface area contributed by atoms with Gasteiger partial charge in [0.25, 0.3) is 5.91 Å². The third kappa shape index (κ3) is 6.21. The Bertz CT molecular complexity index is 1040. The second-order valence-electron chi connectivity index (χ2n) is 8.10. The highest BCUT2D eigenvalue weighted by molar-refractivity contribution is 6.09. The zero-order valence-electron chi connectivity index (χ0n) is 20.3. The van der Waals surface area contributed by atoms with Crippen molar-refractivity contribution in [1.29, 1.82) is 0 Å². The van der Waals surface area contributed by atoms with Crippen LogP contribution in [-0.2, 0) is 9.53 Å². The fourth-order valence-corrected chi connectivity index (χ4v) is 3.67. The molecule has 0 saturated heterocycles. The molecule has 182 valence electrons. The average Bonchev–Trinajstić information content (AvgIpc) is 2.86. The fraction of sp³-hybridized carbons (Fsp3) is 0.385. The Morgan fingerprint density at radius 2 is 2.06 bits per heavy atom. The summed E-state index contributed by atoms with van der Waals surface area (Å²) < 4.78 is 10.4. The number of carbonyl (C=O) groups excluding carboxylic acids is 2. The first-order valence-electron chi connectivity index (χ1n) is 11.6. The molecule has 0 radical (unpaired) electrons. The lowest BCUT2D eigenvalue weighted by Gasteiger charge is -2.31. The van der Waals surface area contributed by atoms with E-state index < -0.39 is 0 Å². The molecule has 0 saturated carbocycles. The molecule has 8 heteroatoms. The smallest absolute Gasteiger partial charge is 0.253 e. The number of fused-ring (bicyclic) bond motifs is 2. The SMILES string of the molecule is C/C=C(\C)OC.CC1Nc2c(cccc2C(=O)NCCCN2CCOc3ccccc32)NC1=O. The van der Waals surface area contributed by atoms with Crippen LogP contribution in [0.5, 0.6) is 5.75 Å². The highest BCUT2D eigenvalue weighted by Crippen LogP contribution is 2.31. The van der Waals surface area contributed by atoms with Crippen molar-refractivity contribution in [3.63, 3.8) is 0 Å². The minimum absolute atomic E-state index is 0.101. The molecular weight excluding hydrogens is 432 g/mol. The van der Waals surface area contributed by atoms with Crippen molar-refractivity contribution in [2.45, 2.75) is 33.2 Å². The van der Waals surface area contributed by atoms with Crippen LogP contribution in [-0.4, -0.2) is 51.2 Å². The number of benzene rings is 2. The second kappa shape index (κ2) is 12.0. The predicted molar refractivity (Wildman–Crippen MR) is 136 cm³/mol. The van der Waals surface area contributed by atoms with Gasteiger partial charge in [0.05, 0.1) is 42.0 Å². The lowest BCUT2D eigenvalue weighted by atomic mass is 10.1. The van der Waals surface area contributed by atoms with Gasteiger partial charge in [-0.05, 0) is 51.5 Å². The lowest BCUT2D eigenvalue weighted by Crippen LogP contribution is -2.38. The number of nitrogens with zero attached hydrogens (tertiary/aromatic N) is 1. The number of para-hydroxylation sites is 3. The van der Waals surface area contributed by atoms with E-state index in [0.29, 0.717) is 30.1 Å². The van der Waals surface area contributed by atoms with Crippen LogP contribution in [0.2, 0.25) is 0 Å². The zero-order valence-corrected chi connectivity index (χ0v) is 20.3. The normalized spacial score (nSPS) is 16.5. The molecule has 2 aliphatic rings. The molecule has 2 heterocycles. The topological polar surface area (TPSA) is 91.9 Å². The third-order valence-corrected chi connectivity index (χ3v) is 5.76. The summed E-state index contributed by atoms with van der Waals surface area (Å²) in [6.45, 7) is 8.57. The van der Waals surface area contributed by atoms with Crippen LogP contribution in [0.3, 0.4) is 0 Å². The number of methoxy groups -OCH3 is 1. The van der Waals surface area contributed by atoms with Crippen molar-refractivity contribution >= 4 is 28.9 Å². The Labute approximate surface area is 201 Å². The molecule has 2 aromatic rings. The summed E-state index contributed by atoms with van der Waals surface area (Å²) >= 11 is 0. The van der Waals surface area contributed by atoms with E-state index in [9.17, 15) is 9.59 Å². The van der Waals surface area contributed by atoms with Crippen LogP contribution in [0, 0.1) is 0 Å². The Balaban J connectivity index is 0.000000481. The lowest BCUT2D eigenvalue weighted by molar-refractivity contribution is -0.116. The van der Waals surface area contributed by atoms with Crippen molar-refractivity contribution in [2.24, 2.45) is 0 Å². The van der Waals surface area contributed by atoms with Gasteiger partial charge in [0.1, 0.15) is 18.4 Å². The Hall–Kier alpha value is -3.68. The molecule has 0 fully saturated rings. The average molecular weight is 467 g/mol. The van der Waals surface area contributed by atoms with Crippen molar-refractivity contribution in [3.05, 3.63) is 59.9 Å². The standard InChI is InChI=1S/C21H24N4O3.C5H10O/c1-14-20(26)24-16-7-4-6-15(19(16)23-14)21(27)22-10-5-11-25-12-13-28-18-9-3-2-8-17(18)25;1-4-5(2)6-3/h2-4,6-9,14,23H,5,10-13H2,1H3,(H,22,27)(H,24,26);4H,1-3H3/b;5-4+. The zero-order chi connectivity index (χ0) is 24.5. The summed E-state index contributed by atoms with van der Waals surface area (Å²) in [7, 11) is 1.66. The van der Waals surface area contributed by atoms with Crippen molar-refractivity contribution < 1.29 is 19.1 Å². The molecule has 0 aromatic heterocycles. The Morgan fingerprint density at radius 3 is 2.79 bits per heavy atom. The summed E-state index contributed by atoms with van der Waals surface area (Å²) in [6, 6.07) is 13.0. The maximum Gasteiger partial charge on any atom is 0.253 e. The summed E-state index contributed by atoms with van der Waals surface area (Å²) in [5.41, 5.74) is 2.96. The summed E-state index contributed by atoms with van der Waals surface area (Å²) in [5.74, 6) is 1.64. The van der Waals surface area contributed by atoms with E-state index in [1.807, 2.05) is 38.1 Å². The van der Waals surface area contributed by atoms with E-state index in [1.165, 1.54) is 0 Å². The summed E-state index contributed by atoms with van der Waals surface area (Å²) in [6.07, 6.45) is 2.75. The number of allylic oxidation sites excluding steroid dienone is 2. The first-order valence-corrected chi connectivity index (χ1v) is 11.6. The van der Waals surface area contributed by atoms with Gasteiger partial charge in [0, 0.05) is 13.1 Å². The van der Waals surface area contributed by atoms with Crippen molar-refractivity contribution in [1.82, 2.24) is 5.32 Å². The molecule has 34 heavy (non-hydrogen) atoms. The van der Waals surface area contributed by atoms with E-state index in [4.69, 9.17) is 9.47 Å². The number of ether oxygens (including phenoxy) is 2. The van der Waals surface area contributed by atoms with Gasteiger partial charge in [-0.3, -0.25) is 9.59 Å². The Morgan fingerprint density at radius 1 is 1.26 bits per heavy atom. The van der Waals surface area contributed by atoms with Crippen LogP contribution in [0.1, 0.15) is 37.6 Å². The van der Waals surface area contributed by atoms with E-state index in [0.717, 1.165) is 36.7 Å². The number of hydrogen-bond donors (Lipinski definition) is 3. The van der Waals surface area contributed by atoms with Crippen LogP contribution >= 0.6 is 0 Å².